The fourth-order valence-corrected chi connectivity index (χ4v) is 2.21. The molecule has 0 radical (unpaired) electrons. The summed E-state index contributed by atoms with van der Waals surface area (Å²) in [5.74, 6) is 1.11. The molecule has 0 atom stereocenters. The zero-order valence-corrected chi connectivity index (χ0v) is 13.1. The molecule has 1 aromatic rings. The Morgan fingerprint density at radius 2 is 2.00 bits per heavy atom. The lowest BCUT2D eigenvalue weighted by Gasteiger charge is -2.25. The number of nitrogens with zero attached hydrogens (tertiary/aromatic N) is 3. The van der Waals surface area contributed by atoms with Crippen LogP contribution in [0.25, 0.3) is 0 Å². The van der Waals surface area contributed by atoms with E-state index in [4.69, 9.17) is 4.98 Å². The fraction of sp³-hybridized carbons (Fsp3) is 0.688. The number of anilines is 1. The van der Waals surface area contributed by atoms with E-state index in [2.05, 4.69) is 54.3 Å². The van der Waals surface area contributed by atoms with Gasteiger partial charge in [-0.1, -0.05) is 13.0 Å². The first kappa shape index (κ1) is 15.3. The summed E-state index contributed by atoms with van der Waals surface area (Å²) in [6, 6.07) is 7.12. The number of rotatable bonds is 9. The van der Waals surface area contributed by atoms with Crippen molar-refractivity contribution in [1.82, 2.24) is 15.2 Å². The lowest BCUT2D eigenvalue weighted by Crippen LogP contribution is -2.33. The lowest BCUT2D eigenvalue weighted by molar-refractivity contribution is 0.412. The van der Waals surface area contributed by atoms with E-state index >= 15 is 0 Å². The van der Waals surface area contributed by atoms with E-state index in [1.54, 1.807) is 0 Å². The van der Waals surface area contributed by atoms with Gasteiger partial charge in [0, 0.05) is 32.2 Å². The van der Waals surface area contributed by atoms with Crippen molar-refractivity contribution in [3.63, 3.8) is 0 Å². The Kier molecular flexibility index (Phi) is 5.80. The zero-order valence-electron chi connectivity index (χ0n) is 13.1. The summed E-state index contributed by atoms with van der Waals surface area (Å²) >= 11 is 0. The van der Waals surface area contributed by atoms with Gasteiger partial charge >= 0.3 is 0 Å². The van der Waals surface area contributed by atoms with E-state index in [0.717, 1.165) is 50.2 Å². The highest BCUT2D eigenvalue weighted by atomic mass is 15.2. The van der Waals surface area contributed by atoms with E-state index in [9.17, 15) is 0 Å². The van der Waals surface area contributed by atoms with Crippen LogP contribution < -0.4 is 10.2 Å². The number of likely N-dealkylation sites (N-methyl/N-ethyl adjacent to an activating group) is 1. The van der Waals surface area contributed by atoms with E-state index in [1.165, 1.54) is 12.8 Å². The molecular weight excluding hydrogens is 248 g/mol. The van der Waals surface area contributed by atoms with Crippen molar-refractivity contribution in [3.8, 4) is 0 Å². The molecule has 1 aliphatic carbocycles. The van der Waals surface area contributed by atoms with Gasteiger partial charge in [0.05, 0.1) is 5.69 Å². The highest BCUT2D eigenvalue weighted by Crippen LogP contribution is 2.19. The molecule has 0 amide bonds. The number of pyridine rings is 1. The average Bonchev–Trinajstić information content (AvgIpc) is 3.25. The Morgan fingerprint density at radius 3 is 2.65 bits per heavy atom. The van der Waals surface area contributed by atoms with Crippen LogP contribution in [0, 0.1) is 0 Å². The van der Waals surface area contributed by atoms with Crippen LogP contribution in [0.5, 0.6) is 0 Å². The third kappa shape index (κ3) is 5.10. The van der Waals surface area contributed by atoms with Crippen molar-refractivity contribution < 1.29 is 0 Å². The van der Waals surface area contributed by atoms with Crippen molar-refractivity contribution >= 4 is 5.82 Å². The maximum atomic E-state index is 4.81. The van der Waals surface area contributed by atoms with Gasteiger partial charge in [-0.2, -0.15) is 0 Å². The average molecular weight is 276 g/mol. The number of hydrogen-bond donors (Lipinski definition) is 1. The summed E-state index contributed by atoms with van der Waals surface area (Å²) in [7, 11) is 4.24. The van der Waals surface area contributed by atoms with Crippen molar-refractivity contribution in [3.05, 3.63) is 23.9 Å². The summed E-state index contributed by atoms with van der Waals surface area (Å²) in [5, 5.41) is 3.53. The Labute approximate surface area is 123 Å². The third-order valence-electron chi connectivity index (χ3n) is 3.58. The molecule has 2 rings (SSSR count). The van der Waals surface area contributed by atoms with Gasteiger partial charge in [-0.05, 0) is 45.5 Å². The molecule has 1 heterocycles. The van der Waals surface area contributed by atoms with Crippen LogP contribution in [0.15, 0.2) is 18.2 Å². The minimum absolute atomic E-state index is 0.737. The molecular formula is C16H28N4. The summed E-state index contributed by atoms with van der Waals surface area (Å²) < 4.78 is 0. The van der Waals surface area contributed by atoms with Crippen LogP contribution in [0.2, 0.25) is 0 Å². The van der Waals surface area contributed by atoms with Gasteiger partial charge < -0.3 is 15.1 Å². The van der Waals surface area contributed by atoms with Gasteiger partial charge in [-0.25, -0.2) is 4.98 Å². The Balaban J connectivity index is 1.96. The smallest absolute Gasteiger partial charge is 0.128 e. The van der Waals surface area contributed by atoms with Gasteiger partial charge in [0.2, 0.25) is 0 Å². The molecule has 0 spiro atoms. The second kappa shape index (κ2) is 7.60. The summed E-state index contributed by atoms with van der Waals surface area (Å²) in [5.41, 5.74) is 1.15. The molecule has 1 aliphatic rings. The largest absolute Gasteiger partial charge is 0.355 e. The minimum atomic E-state index is 0.737. The molecule has 1 saturated carbocycles. The van der Waals surface area contributed by atoms with Crippen LogP contribution in [0.1, 0.15) is 31.9 Å². The van der Waals surface area contributed by atoms with Crippen LogP contribution in [-0.2, 0) is 6.54 Å². The Bertz CT molecular complexity index is 401. The molecule has 0 aliphatic heterocycles. The normalized spacial score (nSPS) is 14.8. The molecule has 4 nitrogen and oxygen atoms in total. The molecule has 0 saturated heterocycles. The predicted octanol–water partition coefficient (Wildman–Crippen LogP) is 2.11. The van der Waals surface area contributed by atoms with Crippen LogP contribution in [0.4, 0.5) is 5.82 Å². The van der Waals surface area contributed by atoms with E-state index in [-0.39, 0.29) is 0 Å². The van der Waals surface area contributed by atoms with Crippen molar-refractivity contribution in [2.45, 2.75) is 38.8 Å². The van der Waals surface area contributed by atoms with Gasteiger partial charge in [0.25, 0.3) is 0 Å². The molecule has 1 aromatic heterocycles. The van der Waals surface area contributed by atoms with Crippen molar-refractivity contribution in [2.75, 3.05) is 38.6 Å². The molecule has 0 bridgehead atoms. The van der Waals surface area contributed by atoms with Gasteiger partial charge in [-0.3, -0.25) is 0 Å². The van der Waals surface area contributed by atoms with Crippen molar-refractivity contribution in [2.24, 2.45) is 0 Å². The molecule has 4 heteroatoms. The Morgan fingerprint density at radius 1 is 1.20 bits per heavy atom. The SMILES string of the molecule is CCCN(CCN(C)C)c1cccc(CNC2CC2)n1. The highest BCUT2D eigenvalue weighted by Gasteiger charge is 2.20. The third-order valence-corrected chi connectivity index (χ3v) is 3.58. The van der Waals surface area contributed by atoms with Gasteiger partial charge in [-0.15, -0.1) is 0 Å². The maximum Gasteiger partial charge on any atom is 0.128 e. The van der Waals surface area contributed by atoms with Gasteiger partial charge in [0.15, 0.2) is 0 Å². The number of hydrogen-bond acceptors (Lipinski definition) is 4. The molecule has 112 valence electrons. The predicted molar refractivity (Wildman–Crippen MR) is 85.2 cm³/mol. The lowest BCUT2D eigenvalue weighted by atomic mass is 10.3. The molecule has 0 unspecified atom stereocenters. The number of nitrogens with one attached hydrogen (secondary N) is 1. The monoisotopic (exact) mass is 276 g/mol. The first-order valence-electron chi connectivity index (χ1n) is 7.78. The van der Waals surface area contributed by atoms with E-state index in [1.807, 2.05) is 0 Å². The second-order valence-corrected chi connectivity index (χ2v) is 5.93. The van der Waals surface area contributed by atoms with E-state index < -0.39 is 0 Å². The zero-order chi connectivity index (χ0) is 14.4. The minimum Gasteiger partial charge on any atom is -0.355 e. The summed E-state index contributed by atoms with van der Waals surface area (Å²) in [6.07, 6.45) is 3.80. The van der Waals surface area contributed by atoms with E-state index in [0.29, 0.717) is 0 Å². The standard InChI is InChI=1S/C16H28N4/c1-4-10-20(12-11-19(2)3)16-7-5-6-15(18-16)13-17-14-8-9-14/h5-7,14,17H,4,8-13H2,1-3H3. The van der Waals surface area contributed by atoms with Crippen LogP contribution in [0.3, 0.4) is 0 Å². The molecule has 1 fully saturated rings. The summed E-state index contributed by atoms with van der Waals surface area (Å²) in [4.78, 5) is 9.43. The first-order chi connectivity index (χ1) is 9.69. The molecule has 1 N–H and O–H groups in total. The topological polar surface area (TPSA) is 31.4 Å². The fourth-order valence-electron chi connectivity index (χ4n) is 2.21. The number of aromatic nitrogens is 1. The van der Waals surface area contributed by atoms with Crippen LogP contribution >= 0.6 is 0 Å². The second-order valence-electron chi connectivity index (χ2n) is 5.93. The highest BCUT2D eigenvalue weighted by molar-refractivity contribution is 5.39. The Hall–Kier alpha value is -1.13. The quantitative estimate of drug-likeness (QED) is 0.748. The summed E-state index contributed by atoms with van der Waals surface area (Å²) in [6.45, 7) is 6.28. The molecule has 0 aromatic carbocycles. The molecule has 20 heavy (non-hydrogen) atoms. The maximum absolute atomic E-state index is 4.81. The van der Waals surface area contributed by atoms with Gasteiger partial charge in [0.1, 0.15) is 5.82 Å². The first-order valence-corrected chi connectivity index (χ1v) is 7.78. The van der Waals surface area contributed by atoms with Crippen molar-refractivity contribution in [1.29, 1.82) is 0 Å². The van der Waals surface area contributed by atoms with Crippen LogP contribution in [-0.4, -0.2) is 49.7 Å².